The minimum Gasteiger partial charge on any atom is -1.00 e. The Kier molecular flexibility index (Phi) is 10.7. The van der Waals surface area contributed by atoms with Crippen molar-refractivity contribution in [2.24, 2.45) is 5.92 Å². The summed E-state index contributed by atoms with van der Waals surface area (Å²) >= 11 is 3.25. The van der Waals surface area contributed by atoms with Gasteiger partial charge in [-0.1, -0.05) is 41.9 Å². The van der Waals surface area contributed by atoms with E-state index in [2.05, 4.69) is 21.2 Å². The Morgan fingerprint density at radius 2 is 1.76 bits per heavy atom. The van der Waals surface area contributed by atoms with Crippen molar-refractivity contribution < 1.29 is 60.0 Å². The number of carboxylic acids is 1. The van der Waals surface area contributed by atoms with Gasteiger partial charge in [-0.25, -0.2) is 4.79 Å². The Morgan fingerprint density at radius 3 is 2.16 bits per heavy atom. The zero-order valence-corrected chi connectivity index (χ0v) is 18.8. The number of aliphatic carboxylic acids is 1. The summed E-state index contributed by atoms with van der Waals surface area (Å²) in [5.74, 6) is -2.18. The monoisotopic (exact) mass is 445 g/mol. The third-order valence-electron chi connectivity index (χ3n) is 3.37. The number of hydrogen-bond donors (Lipinski definition) is 4. The zero-order valence-electron chi connectivity index (χ0n) is 15.3. The predicted octanol–water partition coefficient (Wildman–Crippen LogP) is -0.730. The Balaban J connectivity index is 0. The normalized spacial score (nSPS) is 13.7. The Bertz CT molecular complexity index is 640. The smallest absolute Gasteiger partial charge is 1.00 e. The third kappa shape index (κ3) is 8.82. The van der Waals surface area contributed by atoms with Crippen LogP contribution < -0.4 is 34.9 Å². The molecule has 1 amide bonds. The fourth-order valence-corrected chi connectivity index (χ4v) is 3.26. The molecule has 0 saturated carbocycles. The molecule has 0 saturated heterocycles. The van der Waals surface area contributed by atoms with Crippen molar-refractivity contribution in [3.8, 4) is 0 Å². The number of carbonyl (C=O) groups is 2. The van der Waals surface area contributed by atoms with Crippen LogP contribution in [0.15, 0.2) is 28.7 Å². The van der Waals surface area contributed by atoms with Crippen LogP contribution in [0.1, 0.15) is 27.3 Å². The van der Waals surface area contributed by atoms with Gasteiger partial charge in [0.05, 0.1) is 0 Å². The maximum absolute atomic E-state index is 12.3. The van der Waals surface area contributed by atoms with E-state index in [1.54, 1.807) is 38.1 Å². The molecule has 0 bridgehead atoms. The van der Waals surface area contributed by atoms with Gasteiger partial charge in [0.25, 0.3) is 0 Å². The van der Waals surface area contributed by atoms with Crippen molar-refractivity contribution in [2.75, 3.05) is 0 Å². The topological polar surface area (TPSA) is 124 Å². The maximum atomic E-state index is 12.3. The summed E-state index contributed by atoms with van der Waals surface area (Å²) in [4.78, 5) is 42.5. The molecule has 1 aromatic carbocycles. The van der Waals surface area contributed by atoms with E-state index in [0.29, 0.717) is 5.56 Å². The maximum Gasteiger partial charge on any atom is 1.00 e. The van der Waals surface area contributed by atoms with Gasteiger partial charge in [-0.3, -0.25) is 9.36 Å². The standard InChI is InChI=1S/C15H21BrNO6P.Na.H/c1-9(2)7-12(15(19)20)17-14(18)13(24(21,22)23)8-10-3-5-11(16)6-4-10;;/h3-6,9,12-13H,7-8H2,1-2H3,(H,17,18)(H,19,20)(H2,21,22,23);;/q;+1;-1/t12-,13?;;/m0../s1. The molecule has 0 spiro atoms. The second-order valence-electron chi connectivity index (χ2n) is 5.96. The summed E-state index contributed by atoms with van der Waals surface area (Å²) in [5.41, 5.74) is -1.06. The van der Waals surface area contributed by atoms with Gasteiger partial charge < -0.3 is 21.6 Å². The molecule has 0 aliphatic rings. The molecule has 0 aromatic heterocycles. The summed E-state index contributed by atoms with van der Waals surface area (Å²) in [6.45, 7) is 3.59. The summed E-state index contributed by atoms with van der Waals surface area (Å²) in [6.07, 6.45) is -0.00928. The molecule has 25 heavy (non-hydrogen) atoms. The molecule has 7 nitrogen and oxygen atoms in total. The van der Waals surface area contributed by atoms with Crippen molar-refractivity contribution in [1.29, 1.82) is 0 Å². The number of halogens is 1. The minimum absolute atomic E-state index is 0. The van der Waals surface area contributed by atoms with Crippen LogP contribution in [-0.2, 0) is 20.6 Å². The van der Waals surface area contributed by atoms with Crippen molar-refractivity contribution in [2.45, 2.75) is 38.4 Å². The molecular weight excluding hydrogens is 424 g/mol. The van der Waals surface area contributed by atoms with Crippen LogP contribution in [0.3, 0.4) is 0 Å². The van der Waals surface area contributed by atoms with Crippen molar-refractivity contribution in [3.05, 3.63) is 34.3 Å². The quantitative estimate of drug-likeness (QED) is 0.309. The number of benzene rings is 1. The van der Waals surface area contributed by atoms with Crippen LogP contribution >= 0.6 is 23.5 Å². The molecule has 4 N–H and O–H groups in total. The largest absolute Gasteiger partial charge is 1.00 e. The number of rotatable bonds is 8. The van der Waals surface area contributed by atoms with Gasteiger partial charge in [0.2, 0.25) is 5.91 Å². The van der Waals surface area contributed by atoms with E-state index in [0.717, 1.165) is 4.47 Å². The number of carboxylic acid groups (broad SMARTS) is 1. The first-order chi connectivity index (χ1) is 11.0. The second kappa shape index (κ2) is 10.8. The van der Waals surface area contributed by atoms with Gasteiger partial charge in [-0.05, 0) is 36.5 Å². The van der Waals surface area contributed by atoms with Crippen LogP contribution in [0, 0.1) is 5.92 Å². The van der Waals surface area contributed by atoms with Gasteiger partial charge in [0.15, 0.2) is 0 Å². The SMILES string of the molecule is CC(C)C[C@H](NC(=O)C(Cc1ccc(Br)cc1)P(=O)(O)O)C(=O)O.[H-].[Na+]. The van der Waals surface area contributed by atoms with E-state index in [4.69, 9.17) is 5.11 Å². The van der Waals surface area contributed by atoms with Crippen LogP contribution in [-0.4, -0.2) is 38.5 Å². The predicted molar refractivity (Wildman–Crippen MR) is 93.8 cm³/mol. The average molecular weight is 446 g/mol. The minimum atomic E-state index is -4.75. The first kappa shape index (κ1) is 24.8. The molecule has 0 heterocycles. The summed E-state index contributed by atoms with van der Waals surface area (Å²) in [5, 5.41) is 11.4. The van der Waals surface area contributed by atoms with Gasteiger partial charge in [0.1, 0.15) is 11.7 Å². The van der Waals surface area contributed by atoms with Gasteiger partial charge in [0, 0.05) is 4.47 Å². The number of carbonyl (C=O) groups excluding carboxylic acids is 1. The first-order valence-electron chi connectivity index (χ1n) is 7.33. The Hall–Kier alpha value is -0.210. The Morgan fingerprint density at radius 1 is 1.24 bits per heavy atom. The zero-order chi connectivity index (χ0) is 18.5. The molecule has 0 radical (unpaired) electrons. The molecule has 0 aliphatic carbocycles. The molecule has 0 fully saturated rings. The second-order valence-corrected chi connectivity index (χ2v) is 8.68. The summed E-state index contributed by atoms with van der Waals surface area (Å²) < 4.78 is 12.5. The van der Waals surface area contributed by atoms with Crippen molar-refractivity contribution >= 4 is 35.4 Å². The van der Waals surface area contributed by atoms with Gasteiger partial charge in [-0.2, -0.15) is 0 Å². The Labute approximate surface area is 178 Å². The van der Waals surface area contributed by atoms with E-state index >= 15 is 0 Å². The number of hydrogen-bond acceptors (Lipinski definition) is 3. The molecule has 2 atom stereocenters. The van der Waals surface area contributed by atoms with Crippen LogP contribution in [0.2, 0.25) is 0 Å². The third-order valence-corrected chi connectivity index (χ3v) is 5.13. The van der Waals surface area contributed by atoms with E-state index in [1.807, 2.05) is 0 Å². The summed E-state index contributed by atoms with van der Waals surface area (Å²) in [7, 11) is -4.75. The van der Waals surface area contributed by atoms with E-state index in [-0.39, 0.29) is 49.7 Å². The average Bonchev–Trinajstić information content (AvgIpc) is 2.43. The number of amides is 1. The summed E-state index contributed by atoms with van der Waals surface area (Å²) in [6, 6.07) is 5.49. The fourth-order valence-electron chi connectivity index (χ4n) is 2.17. The van der Waals surface area contributed by atoms with Gasteiger partial charge >= 0.3 is 43.1 Å². The molecule has 1 rings (SSSR count). The number of nitrogens with one attached hydrogen (secondary N) is 1. The molecular formula is C15H22BrNNaO6P. The van der Waals surface area contributed by atoms with Crippen molar-refractivity contribution in [1.82, 2.24) is 5.32 Å². The van der Waals surface area contributed by atoms with E-state index in [1.165, 1.54) is 0 Å². The molecule has 10 heteroatoms. The van der Waals surface area contributed by atoms with E-state index < -0.39 is 31.2 Å². The first-order valence-corrected chi connectivity index (χ1v) is 9.81. The molecule has 1 aromatic rings. The van der Waals surface area contributed by atoms with Crippen molar-refractivity contribution in [3.63, 3.8) is 0 Å². The van der Waals surface area contributed by atoms with Gasteiger partial charge in [-0.15, -0.1) is 0 Å². The van der Waals surface area contributed by atoms with Crippen LogP contribution in [0.25, 0.3) is 0 Å². The van der Waals surface area contributed by atoms with Crippen LogP contribution in [0.5, 0.6) is 0 Å². The molecule has 1 unspecified atom stereocenters. The van der Waals surface area contributed by atoms with E-state index in [9.17, 15) is 23.9 Å². The molecule has 136 valence electrons. The fraction of sp³-hybridized carbons (Fsp3) is 0.467. The molecule has 0 aliphatic heterocycles. The van der Waals surface area contributed by atoms with Crippen LogP contribution in [0.4, 0.5) is 0 Å².